The quantitative estimate of drug-likeness (QED) is 0.303. The minimum absolute atomic E-state index is 0.0470. The van der Waals surface area contributed by atoms with Crippen LogP contribution in [0.4, 0.5) is 0 Å². The number of rotatable bonds is 6. The molecule has 1 heterocycles. The minimum atomic E-state index is -1.39. The Kier molecular flexibility index (Phi) is 14.9. The third kappa shape index (κ3) is 11.1. The summed E-state index contributed by atoms with van der Waals surface area (Å²) in [5.74, 6) is -1.46. The number of carbonyl (C=O) groups excluding carboxylic acids is 5. The number of nitrogens with zero attached hydrogens (tertiary/aromatic N) is 1. The van der Waals surface area contributed by atoms with Crippen LogP contribution in [0.3, 0.4) is 0 Å². The van der Waals surface area contributed by atoms with Crippen LogP contribution < -0.4 is 35.5 Å². The van der Waals surface area contributed by atoms with Gasteiger partial charge in [0.15, 0.2) is 11.5 Å². The second-order valence-electron chi connectivity index (χ2n) is 13.0. The number of carbonyl (C=O) groups is 5. The molecular weight excluding hydrogens is 646 g/mol. The van der Waals surface area contributed by atoms with Gasteiger partial charge in [0.1, 0.15) is 23.6 Å². The average molecular weight is 698 g/mol. The zero-order valence-electron chi connectivity index (χ0n) is 30.0. The molecular formula is C36H51N5O9. The molecule has 0 aliphatic carbocycles. The zero-order chi connectivity index (χ0) is 37.0. The SMILES string of the molecule is COc1ccc2cc1Oc1cccc(OC)c1CNC(=O)[C@@H](C(C)C)NC(=O)[C@H]([C@@H](C)O)NC(=O)CN(C(=O)CC(C)C)CCCCNC2=O. The van der Waals surface area contributed by atoms with Crippen molar-refractivity contribution in [2.75, 3.05) is 33.9 Å². The summed E-state index contributed by atoms with van der Waals surface area (Å²) in [6.07, 6.45) is -0.0937. The summed E-state index contributed by atoms with van der Waals surface area (Å²) < 4.78 is 17.3. The Bertz CT molecular complexity index is 1510. The van der Waals surface area contributed by atoms with E-state index in [4.69, 9.17) is 14.2 Å². The molecule has 0 aromatic heterocycles. The van der Waals surface area contributed by atoms with E-state index in [0.717, 1.165) is 0 Å². The van der Waals surface area contributed by atoms with E-state index in [2.05, 4.69) is 21.3 Å². The predicted molar refractivity (Wildman–Crippen MR) is 186 cm³/mol. The lowest BCUT2D eigenvalue weighted by atomic mass is 10.0. The third-order valence-electron chi connectivity index (χ3n) is 8.13. The van der Waals surface area contributed by atoms with Gasteiger partial charge >= 0.3 is 0 Å². The van der Waals surface area contributed by atoms with Gasteiger partial charge in [0.25, 0.3) is 5.91 Å². The van der Waals surface area contributed by atoms with Crippen LogP contribution in [-0.2, 0) is 25.7 Å². The second-order valence-corrected chi connectivity index (χ2v) is 13.0. The fourth-order valence-corrected chi connectivity index (χ4v) is 5.39. The van der Waals surface area contributed by atoms with Crippen LogP contribution in [-0.4, -0.2) is 91.6 Å². The first kappa shape index (κ1) is 39.6. The molecule has 5 N–H and O–H groups in total. The standard InChI is InChI=1S/C36H51N5O9/c1-21(2)17-31(44)41-16-9-8-15-37-34(45)24-13-14-28(49-7)29(18-24)50-27-12-10-11-26(48-6)25(27)19-38-35(46)32(22(3)4)40-36(47)33(23(5)42)39-30(43)20-41/h10-14,18,21-23,32-33,42H,8-9,15-17,19-20H2,1-7H3,(H,37,45)(H,38,46)(H,39,43)(H,40,47)/t23-,32-,33+/m1/s1. The lowest BCUT2D eigenvalue weighted by Gasteiger charge is -2.28. The van der Waals surface area contributed by atoms with Gasteiger partial charge in [0, 0.05) is 25.1 Å². The van der Waals surface area contributed by atoms with Crippen molar-refractivity contribution in [3.63, 3.8) is 0 Å². The van der Waals surface area contributed by atoms with Gasteiger partial charge in [-0.05, 0) is 61.9 Å². The first-order valence-electron chi connectivity index (χ1n) is 16.9. The van der Waals surface area contributed by atoms with Crippen LogP contribution in [0.25, 0.3) is 0 Å². The smallest absolute Gasteiger partial charge is 0.251 e. The first-order chi connectivity index (χ1) is 23.7. The minimum Gasteiger partial charge on any atom is -0.496 e. The molecule has 0 unspecified atom stereocenters. The molecule has 3 atom stereocenters. The molecule has 0 saturated heterocycles. The fraction of sp³-hybridized carbons (Fsp3) is 0.528. The Balaban J connectivity index is 2.00. The summed E-state index contributed by atoms with van der Waals surface area (Å²) in [4.78, 5) is 67.8. The molecule has 2 bridgehead atoms. The maximum absolute atomic E-state index is 13.6. The van der Waals surface area contributed by atoms with E-state index < -0.39 is 35.9 Å². The number of aliphatic hydroxyl groups is 1. The second kappa shape index (κ2) is 18.8. The van der Waals surface area contributed by atoms with Crippen molar-refractivity contribution >= 4 is 29.5 Å². The van der Waals surface area contributed by atoms with Crippen LogP contribution in [0, 0.1) is 11.8 Å². The van der Waals surface area contributed by atoms with Gasteiger partial charge in [0.2, 0.25) is 23.6 Å². The van der Waals surface area contributed by atoms with E-state index in [1.165, 1.54) is 26.0 Å². The maximum Gasteiger partial charge on any atom is 0.251 e. The Morgan fingerprint density at radius 2 is 1.62 bits per heavy atom. The molecule has 2 aromatic rings. The largest absolute Gasteiger partial charge is 0.496 e. The summed E-state index contributed by atoms with van der Waals surface area (Å²) in [5, 5.41) is 21.4. The van der Waals surface area contributed by atoms with E-state index in [1.807, 2.05) is 13.8 Å². The Labute approximate surface area is 293 Å². The van der Waals surface area contributed by atoms with E-state index >= 15 is 0 Å². The fourth-order valence-electron chi connectivity index (χ4n) is 5.39. The van der Waals surface area contributed by atoms with Gasteiger partial charge in [-0.2, -0.15) is 0 Å². The highest BCUT2D eigenvalue weighted by Gasteiger charge is 2.32. The molecule has 14 heteroatoms. The topological polar surface area (TPSA) is 185 Å². The molecule has 1 aliphatic rings. The molecule has 2 aromatic carbocycles. The van der Waals surface area contributed by atoms with Crippen molar-refractivity contribution in [1.82, 2.24) is 26.2 Å². The summed E-state index contributed by atoms with van der Waals surface area (Å²) in [5.41, 5.74) is 0.809. The number of fused-ring (bicyclic) bond motifs is 3. The Morgan fingerprint density at radius 3 is 2.26 bits per heavy atom. The van der Waals surface area contributed by atoms with E-state index in [9.17, 15) is 29.1 Å². The molecule has 0 spiro atoms. The lowest BCUT2D eigenvalue weighted by molar-refractivity contribution is -0.139. The zero-order valence-corrected chi connectivity index (χ0v) is 30.0. The van der Waals surface area contributed by atoms with Crippen LogP contribution >= 0.6 is 0 Å². The number of ether oxygens (including phenoxy) is 3. The van der Waals surface area contributed by atoms with Crippen LogP contribution in [0.15, 0.2) is 36.4 Å². The monoisotopic (exact) mass is 697 g/mol. The van der Waals surface area contributed by atoms with Crippen LogP contribution in [0.5, 0.6) is 23.0 Å². The highest BCUT2D eigenvalue weighted by Crippen LogP contribution is 2.37. The number of nitrogens with one attached hydrogen (secondary N) is 4. The molecule has 5 amide bonds. The molecule has 0 radical (unpaired) electrons. The van der Waals surface area contributed by atoms with Gasteiger partial charge in [-0.3, -0.25) is 24.0 Å². The first-order valence-corrected chi connectivity index (χ1v) is 16.9. The number of amides is 5. The normalized spacial score (nSPS) is 19.3. The maximum atomic E-state index is 13.6. The number of methoxy groups -OCH3 is 2. The van der Waals surface area contributed by atoms with Crippen molar-refractivity contribution in [1.29, 1.82) is 0 Å². The van der Waals surface area contributed by atoms with Gasteiger partial charge in [-0.25, -0.2) is 0 Å². The molecule has 1 aliphatic heterocycles. The van der Waals surface area contributed by atoms with Crippen molar-refractivity contribution < 1.29 is 43.3 Å². The summed E-state index contributed by atoms with van der Waals surface area (Å²) in [7, 11) is 2.96. The van der Waals surface area contributed by atoms with E-state index in [1.54, 1.807) is 50.2 Å². The van der Waals surface area contributed by atoms with Crippen LogP contribution in [0.1, 0.15) is 69.8 Å². The van der Waals surface area contributed by atoms with Crippen LogP contribution in [0.2, 0.25) is 0 Å². The third-order valence-corrected chi connectivity index (χ3v) is 8.13. The molecule has 50 heavy (non-hydrogen) atoms. The summed E-state index contributed by atoms with van der Waals surface area (Å²) in [6.45, 7) is 8.79. The molecule has 0 fully saturated rings. The van der Waals surface area contributed by atoms with Gasteiger partial charge in [-0.15, -0.1) is 0 Å². The van der Waals surface area contributed by atoms with Crippen molar-refractivity contribution in [3.8, 4) is 23.0 Å². The molecule has 14 nitrogen and oxygen atoms in total. The molecule has 0 saturated carbocycles. The Morgan fingerprint density at radius 1 is 0.900 bits per heavy atom. The van der Waals surface area contributed by atoms with E-state index in [-0.39, 0.29) is 55.5 Å². The number of benzene rings is 2. The molecule has 274 valence electrons. The molecule has 3 rings (SSSR count). The van der Waals surface area contributed by atoms with Crippen molar-refractivity contribution in [2.24, 2.45) is 11.8 Å². The van der Waals surface area contributed by atoms with Gasteiger partial charge < -0.3 is 45.5 Å². The lowest BCUT2D eigenvalue weighted by Crippen LogP contribution is -2.59. The highest BCUT2D eigenvalue weighted by atomic mass is 16.5. The number of aliphatic hydroxyl groups excluding tert-OH is 1. The number of hydrogen-bond donors (Lipinski definition) is 5. The summed E-state index contributed by atoms with van der Waals surface area (Å²) in [6, 6.07) is 7.46. The predicted octanol–water partition coefficient (Wildman–Crippen LogP) is 2.52. The van der Waals surface area contributed by atoms with Crippen molar-refractivity contribution in [2.45, 2.75) is 78.6 Å². The summed E-state index contributed by atoms with van der Waals surface area (Å²) >= 11 is 0. The van der Waals surface area contributed by atoms with E-state index in [0.29, 0.717) is 47.8 Å². The van der Waals surface area contributed by atoms with Crippen molar-refractivity contribution in [3.05, 3.63) is 47.5 Å². The Hall–Kier alpha value is -4.85. The average Bonchev–Trinajstić information content (AvgIpc) is 3.06. The highest BCUT2D eigenvalue weighted by molar-refractivity contribution is 5.95. The number of hydrogen-bond acceptors (Lipinski definition) is 9. The van der Waals surface area contributed by atoms with Gasteiger partial charge in [-0.1, -0.05) is 33.8 Å². The van der Waals surface area contributed by atoms with Gasteiger partial charge in [0.05, 0.1) is 39.0 Å².